The number of hydrogen-bond donors (Lipinski definition) is 2. The minimum atomic E-state index is -1.31. The van der Waals surface area contributed by atoms with Crippen LogP contribution in [0.5, 0.6) is 5.75 Å². The van der Waals surface area contributed by atoms with Crippen molar-refractivity contribution in [1.82, 2.24) is 15.3 Å². The molecule has 1 amide bonds. The van der Waals surface area contributed by atoms with Crippen molar-refractivity contribution in [2.75, 3.05) is 13.1 Å². The van der Waals surface area contributed by atoms with E-state index in [4.69, 9.17) is 10.6 Å². The van der Waals surface area contributed by atoms with Crippen LogP contribution >= 0.6 is 0 Å². The van der Waals surface area contributed by atoms with Gasteiger partial charge in [-0.1, -0.05) is 68.1 Å². The molecule has 0 radical (unpaired) electrons. The van der Waals surface area contributed by atoms with Crippen molar-refractivity contribution < 1.29 is 9.53 Å². The van der Waals surface area contributed by atoms with E-state index in [1.165, 1.54) is 5.19 Å². The maximum Gasteiger partial charge on any atom is 0.269 e. The summed E-state index contributed by atoms with van der Waals surface area (Å²) in [7, 11) is -1.31. The van der Waals surface area contributed by atoms with Gasteiger partial charge in [-0.2, -0.15) is 0 Å². The Bertz CT molecular complexity index is 1190. The molecule has 35 heavy (non-hydrogen) atoms. The normalized spacial score (nSPS) is 16.5. The number of rotatable bonds is 7. The number of hydrogen-bond acceptors (Lipinski definition) is 5. The smallest absolute Gasteiger partial charge is 0.269 e. The van der Waals surface area contributed by atoms with Gasteiger partial charge in [0.15, 0.2) is 0 Å². The summed E-state index contributed by atoms with van der Waals surface area (Å²) < 4.78 is 6.06. The molecule has 2 heterocycles. The summed E-state index contributed by atoms with van der Waals surface area (Å²) in [5.41, 5.74) is 4.52. The minimum absolute atomic E-state index is 0.0560. The molecule has 0 aliphatic carbocycles. The molecule has 1 aliphatic rings. The molecule has 0 spiro atoms. The fourth-order valence-corrected chi connectivity index (χ4v) is 5.47. The highest BCUT2D eigenvalue weighted by molar-refractivity contribution is 6.88. The number of piperazine rings is 1. The highest BCUT2D eigenvalue weighted by Gasteiger charge is 2.28. The molecule has 4 rings (SSSR count). The van der Waals surface area contributed by atoms with Gasteiger partial charge in [-0.05, 0) is 46.5 Å². The van der Waals surface area contributed by atoms with E-state index in [-0.39, 0.29) is 11.8 Å². The number of pyridine rings is 1. The van der Waals surface area contributed by atoms with Crippen molar-refractivity contribution in [1.29, 1.82) is 0 Å². The van der Waals surface area contributed by atoms with Crippen molar-refractivity contribution in [3.05, 3.63) is 95.4 Å². The molecule has 3 N–H and O–H groups in total. The number of carbonyl (C=O) groups excluding carboxylic acids is 1. The first-order valence-electron chi connectivity index (χ1n) is 12.0. The summed E-state index contributed by atoms with van der Waals surface area (Å²) in [6.07, 6.45) is 3.53. The first kappa shape index (κ1) is 24.7. The van der Waals surface area contributed by atoms with Gasteiger partial charge in [-0.15, -0.1) is 0 Å². The van der Waals surface area contributed by atoms with Gasteiger partial charge < -0.3 is 15.1 Å². The number of nitrogens with one attached hydrogen (secondary N) is 1. The number of aromatic nitrogens is 1. The molecule has 1 atom stereocenters. The van der Waals surface area contributed by atoms with Gasteiger partial charge in [0.1, 0.15) is 18.1 Å². The molecule has 3 aromatic rings. The summed E-state index contributed by atoms with van der Waals surface area (Å²) in [4.78, 5) is 17.0. The molecule has 1 unspecified atom stereocenters. The van der Waals surface area contributed by atoms with Gasteiger partial charge in [-0.3, -0.25) is 9.78 Å². The molecule has 1 saturated heterocycles. The molecule has 0 bridgehead atoms. The molecule has 2 aromatic carbocycles. The first-order valence-corrected chi connectivity index (χ1v) is 15.5. The van der Waals surface area contributed by atoms with E-state index in [0.29, 0.717) is 25.4 Å². The Morgan fingerprint density at radius 3 is 2.31 bits per heavy atom. The average molecular weight is 487 g/mol. The Balaban J connectivity index is 1.58. The second-order valence-corrected chi connectivity index (χ2v) is 15.1. The van der Waals surface area contributed by atoms with Crippen molar-refractivity contribution in [2.24, 2.45) is 5.84 Å². The molecular formula is C28H34N4O2Si. The predicted octanol–water partition coefficient (Wildman–Crippen LogP) is 4.03. The molecule has 1 aromatic heterocycles. The molecule has 0 saturated carbocycles. The van der Waals surface area contributed by atoms with Crippen LogP contribution in [0.1, 0.15) is 29.5 Å². The van der Waals surface area contributed by atoms with Crippen LogP contribution in [0.3, 0.4) is 0 Å². The molecular weight excluding hydrogens is 452 g/mol. The zero-order valence-electron chi connectivity index (χ0n) is 20.9. The lowest BCUT2D eigenvalue weighted by molar-refractivity contribution is -0.120. The topological polar surface area (TPSA) is 80.5 Å². The van der Waals surface area contributed by atoms with Gasteiger partial charge in [-0.25, -0.2) is 5.84 Å². The van der Waals surface area contributed by atoms with Gasteiger partial charge >= 0.3 is 0 Å². The van der Waals surface area contributed by atoms with E-state index in [1.807, 2.05) is 36.4 Å². The Kier molecular flexibility index (Phi) is 7.38. The maximum atomic E-state index is 12.8. The van der Waals surface area contributed by atoms with Crippen molar-refractivity contribution in [3.8, 4) is 5.75 Å². The fraction of sp³-hybridized carbons (Fsp3) is 0.286. The fourth-order valence-electron chi connectivity index (χ4n) is 4.30. The molecule has 182 valence electrons. The van der Waals surface area contributed by atoms with Crippen LogP contribution in [0, 0.1) is 0 Å². The summed E-state index contributed by atoms with van der Waals surface area (Å²) in [6, 6.07) is 20.6. The molecule has 7 heteroatoms. The highest BCUT2D eigenvalue weighted by Crippen LogP contribution is 2.36. The van der Waals surface area contributed by atoms with E-state index < -0.39 is 8.07 Å². The Labute approximate surface area is 208 Å². The number of amides is 1. The van der Waals surface area contributed by atoms with Gasteiger partial charge in [0.25, 0.3) is 5.91 Å². The summed E-state index contributed by atoms with van der Waals surface area (Å²) >= 11 is 0. The van der Waals surface area contributed by atoms with Crippen LogP contribution in [0.15, 0.2) is 78.8 Å². The van der Waals surface area contributed by atoms with E-state index >= 15 is 0 Å². The van der Waals surface area contributed by atoms with Gasteiger partial charge in [0, 0.05) is 24.9 Å². The predicted molar refractivity (Wildman–Crippen MR) is 144 cm³/mol. The number of nitrogens with two attached hydrogens (primary N) is 1. The standard InChI is InChI=1S/C28H34N4O2Si/c1-20(22-13-15-30-16-14-22)26(27-28(33)31-17-18-32(27)29)23-7-9-24(10-8-23)34-19-21-5-11-25(12-6-21)35(2,3)4/h5-16,20H,17-19,29H2,1-4H3,(H,31,33)/b27-26+. The average Bonchev–Trinajstić information content (AvgIpc) is 2.85. The third kappa shape index (κ3) is 5.81. The molecule has 1 fully saturated rings. The van der Waals surface area contributed by atoms with Crippen molar-refractivity contribution in [3.63, 3.8) is 0 Å². The number of benzene rings is 2. The number of carbonyl (C=O) groups is 1. The number of nitrogens with zero attached hydrogens (tertiary/aromatic N) is 2. The second kappa shape index (κ2) is 10.5. The van der Waals surface area contributed by atoms with Crippen molar-refractivity contribution in [2.45, 2.75) is 39.1 Å². The Morgan fingerprint density at radius 2 is 1.71 bits per heavy atom. The van der Waals surface area contributed by atoms with Crippen LogP contribution < -0.4 is 21.1 Å². The Morgan fingerprint density at radius 1 is 1.06 bits per heavy atom. The maximum absolute atomic E-state index is 12.8. The number of allylic oxidation sites excluding steroid dienone is 1. The second-order valence-electron chi connectivity index (χ2n) is 9.97. The van der Waals surface area contributed by atoms with E-state index in [1.54, 1.807) is 17.4 Å². The monoisotopic (exact) mass is 486 g/mol. The van der Waals surface area contributed by atoms with Crippen LogP contribution in [0.25, 0.3) is 5.57 Å². The van der Waals surface area contributed by atoms with E-state index in [9.17, 15) is 4.79 Å². The zero-order valence-corrected chi connectivity index (χ0v) is 21.9. The highest BCUT2D eigenvalue weighted by atomic mass is 28.3. The SMILES string of the molecule is CC(/C(=C1/C(=O)NCCN1N)c1ccc(OCc2ccc([Si](C)(C)C)cc2)cc1)c1ccncc1. The van der Waals surface area contributed by atoms with Gasteiger partial charge in [0.2, 0.25) is 0 Å². The quantitative estimate of drug-likeness (QED) is 0.299. The third-order valence-electron chi connectivity index (χ3n) is 6.43. The Hall–Kier alpha value is -3.42. The van der Waals surface area contributed by atoms with Crippen LogP contribution in [-0.2, 0) is 11.4 Å². The van der Waals surface area contributed by atoms with Crippen molar-refractivity contribution >= 4 is 24.7 Å². The lowest BCUT2D eigenvalue weighted by Gasteiger charge is -2.31. The summed E-state index contributed by atoms with van der Waals surface area (Å²) in [5.74, 6) is 6.85. The number of ether oxygens (including phenoxy) is 1. The van der Waals surface area contributed by atoms with Gasteiger partial charge in [0.05, 0.1) is 14.6 Å². The number of hydrazine groups is 1. The zero-order chi connectivity index (χ0) is 25.0. The summed E-state index contributed by atoms with van der Waals surface area (Å²) in [5, 5.41) is 5.92. The minimum Gasteiger partial charge on any atom is -0.489 e. The molecule has 1 aliphatic heterocycles. The largest absolute Gasteiger partial charge is 0.489 e. The van der Waals surface area contributed by atoms with E-state index in [2.05, 4.69) is 61.1 Å². The third-order valence-corrected chi connectivity index (χ3v) is 8.49. The lowest BCUT2D eigenvalue weighted by Crippen LogP contribution is -2.49. The molecule has 6 nitrogen and oxygen atoms in total. The van der Waals surface area contributed by atoms with E-state index in [0.717, 1.165) is 28.0 Å². The first-order chi connectivity index (χ1) is 16.7. The lowest BCUT2D eigenvalue weighted by atomic mass is 9.86. The van der Waals surface area contributed by atoms with Crippen LogP contribution in [0.4, 0.5) is 0 Å². The summed E-state index contributed by atoms with van der Waals surface area (Å²) in [6.45, 7) is 10.7. The van der Waals surface area contributed by atoms with Crippen LogP contribution in [0.2, 0.25) is 19.6 Å². The van der Waals surface area contributed by atoms with Crippen LogP contribution in [-0.4, -0.2) is 37.1 Å².